The van der Waals surface area contributed by atoms with Crippen molar-refractivity contribution in [2.45, 2.75) is 4.90 Å². The topological polar surface area (TPSA) is 41.9 Å². The van der Waals surface area contributed by atoms with Crippen LogP contribution in [0.4, 0.5) is 0 Å². The molecule has 1 saturated heterocycles. The first-order valence-electron chi connectivity index (χ1n) is 7.49. The van der Waals surface area contributed by atoms with E-state index in [1.165, 1.54) is 0 Å². The van der Waals surface area contributed by atoms with E-state index < -0.39 is 9.92 Å². The van der Waals surface area contributed by atoms with Gasteiger partial charge in [0.25, 0.3) is 0 Å². The molecule has 2 aromatic carbocycles. The highest BCUT2D eigenvalue weighted by Gasteiger charge is 2.24. The molecule has 5 heteroatoms. The molecule has 0 N–H and O–H groups in total. The van der Waals surface area contributed by atoms with Crippen molar-refractivity contribution >= 4 is 9.92 Å². The predicted octanol–water partition coefficient (Wildman–Crippen LogP) is 2.77. The molecule has 0 aromatic heterocycles. The zero-order valence-electron chi connectivity index (χ0n) is 12.7. The first-order valence-corrected chi connectivity index (χ1v) is 8.96. The van der Waals surface area contributed by atoms with Crippen LogP contribution in [-0.2, 0) is 14.7 Å². The molecule has 3 rings (SSSR count). The summed E-state index contributed by atoms with van der Waals surface area (Å²) >= 11 is 0. The van der Waals surface area contributed by atoms with Gasteiger partial charge in [0.05, 0.1) is 24.2 Å². The molecule has 1 fully saturated rings. The van der Waals surface area contributed by atoms with Gasteiger partial charge >= 0.3 is 0 Å². The number of rotatable bonds is 2. The number of ether oxygens (including phenoxy) is 1. The van der Waals surface area contributed by atoms with E-state index in [4.69, 9.17) is 4.74 Å². The fourth-order valence-electron chi connectivity index (χ4n) is 2.32. The van der Waals surface area contributed by atoms with Crippen LogP contribution in [0, 0.1) is 12.0 Å². The van der Waals surface area contributed by atoms with Crippen LogP contribution in [0.15, 0.2) is 69.9 Å². The number of benzene rings is 2. The molecule has 0 bridgehead atoms. The van der Waals surface area contributed by atoms with Crippen LogP contribution in [0.25, 0.3) is 0 Å². The maximum absolute atomic E-state index is 13.5. The largest absolute Gasteiger partial charge is 0.379 e. The second-order valence-electron chi connectivity index (χ2n) is 5.05. The van der Waals surface area contributed by atoms with Crippen molar-refractivity contribution in [3.8, 4) is 12.0 Å². The van der Waals surface area contributed by atoms with Gasteiger partial charge < -0.3 is 4.74 Å². The minimum Gasteiger partial charge on any atom is -0.379 e. The first-order chi connectivity index (χ1) is 11.3. The highest BCUT2D eigenvalue weighted by molar-refractivity contribution is 7.91. The quantitative estimate of drug-likeness (QED) is 0.796. The van der Waals surface area contributed by atoms with Crippen LogP contribution in [0.5, 0.6) is 0 Å². The molecule has 2 aromatic rings. The summed E-state index contributed by atoms with van der Waals surface area (Å²) in [5, 5.41) is 0. The Morgan fingerprint density at radius 1 is 0.957 bits per heavy atom. The zero-order valence-corrected chi connectivity index (χ0v) is 13.5. The lowest BCUT2D eigenvalue weighted by Crippen LogP contribution is -2.40. The molecule has 0 amide bonds. The second kappa shape index (κ2) is 7.42. The smallest absolute Gasteiger partial charge is 0.152 e. The molecule has 0 radical (unpaired) electrons. The SMILES string of the molecule is O=S(=NC#Cc1ccccc1)(c1ccccc1)N1CCOCC1. The molecular weight excluding hydrogens is 308 g/mol. The van der Waals surface area contributed by atoms with Gasteiger partial charge in [-0.1, -0.05) is 36.4 Å². The molecule has 0 saturated carbocycles. The minimum absolute atomic E-state index is 0.561. The normalized spacial score (nSPS) is 17.6. The standard InChI is InChI=1S/C18H18N2O2S/c21-23(18-9-5-2-6-10-18,20-13-15-22-16-14-20)19-12-11-17-7-3-1-4-8-17/h1-10H,13-16H2. The van der Waals surface area contributed by atoms with E-state index >= 15 is 0 Å². The Bertz CT molecular complexity index is 810. The third kappa shape index (κ3) is 3.80. The van der Waals surface area contributed by atoms with Crippen LogP contribution in [0.3, 0.4) is 0 Å². The summed E-state index contributed by atoms with van der Waals surface area (Å²) in [7, 11) is -2.73. The summed E-state index contributed by atoms with van der Waals surface area (Å²) in [6.45, 7) is 2.30. The Morgan fingerprint density at radius 2 is 1.57 bits per heavy atom. The van der Waals surface area contributed by atoms with Crippen molar-refractivity contribution in [2.75, 3.05) is 26.3 Å². The van der Waals surface area contributed by atoms with E-state index in [-0.39, 0.29) is 0 Å². The first kappa shape index (κ1) is 15.8. The molecular formula is C18H18N2O2S. The predicted molar refractivity (Wildman–Crippen MR) is 91.0 cm³/mol. The Hall–Kier alpha value is -2.13. The van der Waals surface area contributed by atoms with E-state index in [0.717, 1.165) is 5.56 Å². The highest BCUT2D eigenvalue weighted by atomic mass is 32.2. The van der Waals surface area contributed by atoms with Gasteiger partial charge in [-0.2, -0.15) is 0 Å². The van der Waals surface area contributed by atoms with E-state index in [0.29, 0.717) is 31.2 Å². The van der Waals surface area contributed by atoms with Crippen molar-refractivity contribution < 1.29 is 8.95 Å². The molecule has 4 nitrogen and oxygen atoms in total. The maximum Gasteiger partial charge on any atom is 0.152 e. The Balaban J connectivity index is 2.00. The molecule has 1 atom stereocenters. The second-order valence-corrected chi connectivity index (χ2v) is 7.21. The van der Waals surface area contributed by atoms with E-state index in [1.54, 1.807) is 0 Å². The van der Waals surface area contributed by atoms with Crippen LogP contribution in [-0.4, -0.2) is 34.8 Å². The van der Waals surface area contributed by atoms with Crippen LogP contribution in [0.2, 0.25) is 0 Å². The van der Waals surface area contributed by atoms with Gasteiger partial charge in [-0.25, -0.2) is 8.51 Å². The molecule has 1 aliphatic heterocycles. The van der Waals surface area contributed by atoms with Crippen LogP contribution < -0.4 is 0 Å². The zero-order chi connectivity index (χ0) is 16.0. The number of hydrogen-bond donors (Lipinski definition) is 0. The van der Waals surface area contributed by atoms with E-state index in [2.05, 4.69) is 16.3 Å². The number of nitrogens with zero attached hydrogens (tertiary/aromatic N) is 2. The maximum atomic E-state index is 13.5. The Labute approximate surface area is 137 Å². The Kier molecular flexibility index (Phi) is 5.09. The summed E-state index contributed by atoms with van der Waals surface area (Å²) in [5.41, 5.74) is 0.855. The fraction of sp³-hybridized carbons (Fsp3) is 0.222. The van der Waals surface area contributed by atoms with Crippen molar-refractivity contribution in [3.63, 3.8) is 0 Å². The van der Waals surface area contributed by atoms with E-state index in [9.17, 15) is 4.21 Å². The summed E-state index contributed by atoms with van der Waals surface area (Å²) in [6, 6.07) is 21.7. The highest BCUT2D eigenvalue weighted by Crippen LogP contribution is 2.19. The summed E-state index contributed by atoms with van der Waals surface area (Å²) in [5.74, 6) is 2.96. The lowest BCUT2D eigenvalue weighted by Gasteiger charge is -2.28. The van der Waals surface area contributed by atoms with Gasteiger partial charge in [-0.3, -0.25) is 0 Å². The van der Waals surface area contributed by atoms with Gasteiger partial charge in [-0.05, 0) is 30.2 Å². The Morgan fingerprint density at radius 3 is 2.22 bits per heavy atom. The van der Waals surface area contributed by atoms with Gasteiger partial charge in [0.2, 0.25) is 0 Å². The van der Waals surface area contributed by atoms with Gasteiger partial charge in [-0.15, -0.1) is 4.36 Å². The molecule has 118 valence electrons. The van der Waals surface area contributed by atoms with Crippen molar-refractivity contribution in [1.82, 2.24) is 4.31 Å². The van der Waals surface area contributed by atoms with Gasteiger partial charge in [0.15, 0.2) is 9.92 Å². The monoisotopic (exact) mass is 326 g/mol. The third-order valence-electron chi connectivity index (χ3n) is 3.51. The molecule has 23 heavy (non-hydrogen) atoms. The lowest BCUT2D eigenvalue weighted by atomic mass is 10.2. The van der Waals surface area contributed by atoms with Crippen LogP contribution >= 0.6 is 0 Å². The number of morpholine rings is 1. The van der Waals surface area contributed by atoms with Crippen molar-refractivity contribution in [1.29, 1.82) is 0 Å². The molecule has 0 spiro atoms. The average Bonchev–Trinajstić information content (AvgIpc) is 2.64. The summed E-state index contributed by atoms with van der Waals surface area (Å²) < 4.78 is 25.0. The average molecular weight is 326 g/mol. The molecule has 1 heterocycles. The molecule has 1 unspecified atom stereocenters. The fourth-order valence-corrected chi connectivity index (χ4v) is 4.17. The van der Waals surface area contributed by atoms with Gasteiger partial charge in [0.1, 0.15) is 0 Å². The lowest BCUT2D eigenvalue weighted by molar-refractivity contribution is 0.0745. The van der Waals surface area contributed by atoms with E-state index in [1.807, 2.05) is 65.0 Å². The molecule has 1 aliphatic rings. The summed E-state index contributed by atoms with van der Waals surface area (Å²) in [6.07, 6.45) is 0. The third-order valence-corrected chi connectivity index (χ3v) is 5.80. The summed E-state index contributed by atoms with van der Waals surface area (Å²) in [4.78, 5) is 0.685. The minimum atomic E-state index is -2.73. The van der Waals surface area contributed by atoms with Crippen molar-refractivity contribution in [3.05, 3.63) is 66.2 Å². The van der Waals surface area contributed by atoms with Crippen LogP contribution in [0.1, 0.15) is 5.56 Å². The van der Waals surface area contributed by atoms with Gasteiger partial charge in [0, 0.05) is 18.7 Å². The van der Waals surface area contributed by atoms with Crippen molar-refractivity contribution in [2.24, 2.45) is 4.36 Å². The molecule has 0 aliphatic carbocycles. The number of hydrogen-bond acceptors (Lipinski definition) is 3.